The zero-order valence-electron chi connectivity index (χ0n) is 39.7. The number of nitrogens with zero attached hydrogens (tertiary/aromatic N) is 10. The highest BCUT2D eigenvalue weighted by Gasteiger charge is 2.26. The average Bonchev–Trinajstić information content (AvgIpc) is 3.40. The Hall–Kier alpha value is -8.62. The highest BCUT2D eigenvalue weighted by atomic mass is 32.3. The first kappa shape index (κ1) is 55.1. The van der Waals surface area contributed by atoms with Crippen LogP contribution in [0.15, 0.2) is 170 Å². The highest BCUT2D eigenvalue weighted by Crippen LogP contribution is 2.55. The third kappa shape index (κ3) is 13.2. The first-order valence-electron chi connectivity index (χ1n) is 21.3. The number of rotatable bonds is 18. The number of azo groups is 4. The molecule has 0 atom stereocenters. The van der Waals surface area contributed by atoms with Gasteiger partial charge in [-0.3, -0.25) is 14.7 Å². The Morgan fingerprint density at radius 2 is 1.08 bits per heavy atom. The Morgan fingerprint density at radius 3 is 1.71 bits per heavy atom. The molecule has 0 saturated heterocycles. The number of aliphatic imine (C=N–C) groups is 1. The van der Waals surface area contributed by atoms with Gasteiger partial charge in [0.05, 0.1) is 64.5 Å². The van der Waals surface area contributed by atoms with Gasteiger partial charge in [0.2, 0.25) is 0 Å². The summed E-state index contributed by atoms with van der Waals surface area (Å²) < 4.78 is 112. The fourth-order valence-corrected chi connectivity index (χ4v) is 9.01. The first-order valence-corrected chi connectivity index (χ1v) is 25.7. The van der Waals surface area contributed by atoms with Gasteiger partial charge in [-0.25, -0.2) is 4.99 Å². The first-order chi connectivity index (χ1) is 36.0. The van der Waals surface area contributed by atoms with Crippen LogP contribution in [-0.4, -0.2) is 83.2 Å². The second-order valence-corrected chi connectivity index (χ2v) is 20.0. The van der Waals surface area contributed by atoms with E-state index in [0.29, 0.717) is 23.0 Å². The smallest absolute Gasteiger partial charge is 0.295 e. The van der Waals surface area contributed by atoms with E-state index in [4.69, 9.17) is 14.2 Å². The van der Waals surface area contributed by atoms with Crippen LogP contribution in [0.4, 0.5) is 56.9 Å². The van der Waals surface area contributed by atoms with E-state index in [9.17, 15) is 60.6 Å². The third-order valence-corrected chi connectivity index (χ3v) is 13.3. The van der Waals surface area contributed by atoms with Gasteiger partial charge >= 0.3 is 0 Å². The minimum absolute atomic E-state index is 0.0206. The molecule has 0 amide bonds. The molecule has 29 heteroatoms. The van der Waals surface area contributed by atoms with Gasteiger partial charge in [0.1, 0.15) is 66.6 Å². The number of hydrogen-bond donors (Lipinski definition) is 9. The molecular formula is C47H42N10O16S3. The number of nitro benzene ring substituents is 1. The van der Waals surface area contributed by atoms with Crippen molar-refractivity contribution in [2.75, 3.05) is 21.3 Å². The summed E-state index contributed by atoms with van der Waals surface area (Å²) in [4.78, 5) is 12.8. The molecule has 0 spiro atoms. The Balaban J connectivity index is 1.16. The molecule has 0 bridgehead atoms. The number of ether oxygens (including phenoxy) is 3. The lowest BCUT2D eigenvalue weighted by Gasteiger charge is -2.22. The minimum Gasteiger partial charge on any atom is -0.508 e. The fourth-order valence-electron chi connectivity index (χ4n) is 6.89. The molecule has 0 unspecified atom stereocenters. The van der Waals surface area contributed by atoms with Gasteiger partial charge in [0.25, 0.3) is 15.8 Å². The lowest BCUT2D eigenvalue weighted by atomic mass is 10.1. The van der Waals surface area contributed by atoms with Crippen LogP contribution in [0, 0.1) is 17.0 Å². The number of methoxy groups -OCH3 is 3. The van der Waals surface area contributed by atoms with Crippen LogP contribution >= 0.6 is 21.7 Å². The van der Waals surface area contributed by atoms with Crippen molar-refractivity contribution in [2.45, 2.75) is 21.6 Å². The van der Waals surface area contributed by atoms with Crippen molar-refractivity contribution in [3.63, 3.8) is 0 Å². The summed E-state index contributed by atoms with van der Waals surface area (Å²) in [6.45, 7) is 1.67. The predicted molar refractivity (Wildman–Crippen MR) is 282 cm³/mol. The van der Waals surface area contributed by atoms with Crippen molar-refractivity contribution in [3.05, 3.63) is 136 Å². The van der Waals surface area contributed by atoms with Crippen LogP contribution in [0.3, 0.4) is 0 Å². The molecule has 0 radical (unpaired) electrons. The quantitative estimate of drug-likeness (QED) is 0.00733. The van der Waals surface area contributed by atoms with Crippen LogP contribution in [-0.2, 0) is 14.9 Å². The molecule has 7 aromatic rings. The summed E-state index contributed by atoms with van der Waals surface area (Å²) in [5, 5.41) is 66.3. The average molecular weight is 1100 g/mol. The van der Waals surface area contributed by atoms with Gasteiger partial charge in [-0.15, -0.1) is 20.5 Å². The SMILES string of the molecule is COC=Nc1cc(N=Nc2cc(OC)c(N=Nc3c(S(O)(O)O)cc4cc(N=Nc5ccc(O)cc5)ccc4c3O)cc2C)c(OC)cc1N=Nc1ccc(C=Cc2ccc([N+](=O)[O-])cc2S(=O)(=O)O)c(S(O)(O)O)c1. The topological polar surface area (TPSA) is 398 Å². The van der Waals surface area contributed by atoms with Crippen LogP contribution in [0.1, 0.15) is 16.7 Å². The standard InChI is InChI=1S/C47H42N10O16S3/c1-26-17-39(55-56-46-45(76(68,69)70)19-29-18-31(12-16-35(29)47(46)59)50-49-30-10-14-34(58)15-11-30)41(72-3)23-36(26)52-54-40-22-37(48-25-71-2)38(24-42(40)73-4)53-51-32-9-7-27(43(20-32)74(62,63)64)5-6-28-8-13-33(57(60)61)21-44(28)75(65,66)67/h5-25,58-59,62-64,68-70H,1-4H3,(H,65,66,67). The highest BCUT2D eigenvalue weighted by molar-refractivity contribution is 8.19. The van der Waals surface area contributed by atoms with E-state index >= 15 is 0 Å². The summed E-state index contributed by atoms with van der Waals surface area (Å²) in [5.74, 6) is -0.247. The maximum absolute atomic E-state index is 12.0. The van der Waals surface area contributed by atoms with Crippen LogP contribution < -0.4 is 9.47 Å². The molecule has 0 aliphatic heterocycles. The summed E-state index contributed by atoms with van der Waals surface area (Å²) in [7, 11) is -9.86. The molecule has 0 aromatic heterocycles. The zero-order valence-corrected chi connectivity index (χ0v) is 42.2. The Morgan fingerprint density at radius 1 is 0.539 bits per heavy atom. The number of benzene rings is 7. The molecule has 0 aliphatic carbocycles. The summed E-state index contributed by atoms with van der Waals surface area (Å²) in [5.41, 5.74) is 0.649. The van der Waals surface area contributed by atoms with E-state index in [1.54, 1.807) is 19.1 Å². The molecule has 0 fully saturated rings. The Labute approximate surface area is 433 Å². The van der Waals surface area contributed by atoms with Crippen molar-refractivity contribution >= 4 is 118 Å². The predicted octanol–water partition coefficient (Wildman–Crippen LogP) is 15.0. The van der Waals surface area contributed by atoms with E-state index < -0.39 is 68.6 Å². The maximum Gasteiger partial charge on any atom is 0.295 e. The second-order valence-electron chi connectivity index (χ2n) is 15.6. The molecular weight excluding hydrogens is 1060 g/mol. The van der Waals surface area contributed by atoms with Crippen molar-refractivity contribution in [1.29, 1.82) is 0 Å². The van der Waals surface area contributed by atoms with Gasteiger partial charge in [0.15, 0.2) is 12.2 Å². The van der Waals surface area contributed by atoms with Crippen molar-refractivity contribution < 1.29 is 69.6 Å². The van der Waals surface area contributed by atoms with Crippen LogP contribution in [0.25, 0.3) is 22.9 Å². The van der Waals surface area contributed by atoms with Crippen molar-refractivity contribution in [1.82, 2.24) is 0 Å². The number of non-ortho nitro benzene ring substituents is 1. The number of nitro groups is 1. The lowest BCUT2D eigenvalue weighted by Crippen LogP contribution is -2.02. The molecule has 394 valence electrons. The molecule has 26 nitrogen and oxygen atoms in total. The number of aromatic hydroxyl groups is 2. The van der Waals surface area contributed by atoms with E-state index in [1.807, 2.05) is 0 Å². The van der Waals surface area contributed by atoms with Gasteiger partial charge in [-0.1, -0.05) is 18.2 Å². The largest absolute Gasteiger partial charge is 0.508 e. The normalized spacial score (nSPS) is 13.1. The van der Waals surface area contributed by atoms with Gasteiger partial charge in [-0.05, 0) is 108 Å². The second kappa shape index (κ2) is 22.9. The van der Waals surface area contributed by atoms with E-state index in [1.165, 1.54) is 100 Å². The number of phenols is 2. The number of aryl methyl sites for hydroxylation is 1. The maximum atomic E-state index is 12.0. The van der Waals surface area contributed by atoms with E-state index in [2.05, 4.69) is 45.9 Å². The van der Waals surface area contributed by atoms with Crippen molar-refractivity contribution in [2.24, 2.45) is 45.9 Å². The van der Waals surface area contributed by atoms with Gasteiger partial charge in [-0.2, -0.15) is 28.9 Å². The molecule has 76 heavy (non-hydrogen) atoms. The molecule has 7 aromatic carbocycles. The van der Waals surface area contributed by atoms with Gasteiger partial charge in [0, 0.05) is 29.7 Å². The minimum atomic E-state index is -4.94. The number of phenolic OH excluding ortho intramolecular Hbond substituents is 2. The molecule has 7 rings (SSSR count). The fraction of sp³-hybridized carbons (Fsp3) is 0.0851. The van der Waals surface area contributed by atoms with E-state index in [0.717, 1.165) is 30.7 Å². The lowest BCUT2D eigenvalue weighted by molar-refractivity contribution is -0.385. The zero-order chi connectivity index (χ0) is 55.1. The van der Waals surface area contributed by atoms with Crippen LogP contribution in [0.5, 0.6) is 23.0 Å². The third-order valence-electron chi connectivity index (χ3n) is 10.5. The molecule has 0 aliphatic rings. The summed E-state index contributed by atoms with van der Waals surface area (Å²) in [6.07, 6.45) is 3.39. The molecule has 0 heterocycles. The van der Waals surface area contributed by atoms with Crippen molar-refractivity contribution in [3.8, 4) is 23.0 Å². The summed E-state index contributed by atoms with van der Waals surface area (Å²) >= 11 is 0. The molecule has 0 saturated carbocycles. The molecule has 9 N–H and O–H groups in total. The van der Waals surface area contributed by atoms with Gasteiger partial charge < -0.3 is 51.7 Å². The Bertz CT molecular complexity index is 3690. The van der Waals surface area contributed by atoms with E-state index in [-0.39, 0.29) is 73.3 Å². The Kier molecular flexibility index (Phi) is 16.6. The summed E-state index contributed by atoms with van der Waals surface area (Å²) in [6, 6.07) is 24.0. The monoisotopic (exact) mass is 1100 g/mol. The number of hydrogen-bond acceptors (Lipinski definition) is 24. The number of fused-ring (bicyclic) bond motifs is 1. The van der Waals surface area contributed by atoms with Crippen LogP contribution in [0.2, 0.25) is 0 Å².